The fourth-order valence-corrected chi connectivity index (χ4v) is 4.07. The summed E-state index contributed by atoms with van der Waals surface area (Å²) in [5.41, 5.74) is 2.53. The van der Waals surface area contributed by atoms with E-state index >= 15 is 0 Å². The second kappa shape index (κ2) is 8.34. The maximum Gasteiger partial charge on any atom is 0.214 e. The van der Waals surface area contributed by atoms with Gasteiger partial charge < -0.3 is 5.32 Å². The highest BCUT2D eigenvalue weighted by molar-refractivity contribution is 7.90. The maximum absolute atomic E-state index is 11.9. The van der Waals surface area contributed by atoms with Crippen molar-refractivity contribution in [1.29, 1.82) is 0 Å². The normalized spacial score (nSPS) is 22.1. The summed E-state index contributed by atoms with van der Waals surface area (Å²) in [5.74, 6) is 1.18. The van der Waals surface area contributed by atoms with Crippen LogP contribution in [0.2, 0.25) is 0 Å². The van der Waals surface area contributed by atoms with Gasteiger partial charge in [-0.25, -0.2) is 13.1 Å². The van der Waals surface area contributed by atoms with Crippen LogP contribution in [0.3, 0.4) is 0 Å². The van der Waals surface area contributed by atoms with Crippen molar-refractivity contribution in [3.8, 4) is 0 Å². The van der Waals surface area contributed by atoms with Crippen LogP contribution in [0.5, 0.6) is 0 Å². The van der Waals surface area contributed by atoms with Crippen molar-refractivity contribution < 1.29 is 8.42 Å². The molecule has 1 aliphatic carbocycles. The molecule has 0 bridgehead atoms. The zero-order chi connectivity index (χ0) is 17.7. The molecule has 2 N–H and O–H groups in total. The van der Waals surface area contributed by atoms with Gasteiger partial charge in [0.15, 0.2) is 0 Å². The van der Waals surface area contributed by atoms with E-state index in [1.54, 1.807) is 13.8 Å². The van der Waals surface area contributed by atoms with Gasteiger partial charge in [0.1, 0.15) is 0 Å². The average molecular weight is 353 g/mol. The smallest absolute Gasteiger partial charge is 0.214 e. The summed E-state index contributed by atoms with van der Waals surface area (Å²) in [6, 6.07) is 8.78. The van der Waals surface area contributed by atoms with Crippen molar-refractivity contribution in [3.05, 3.63) is 29.8 Å². The molecular formula is C19H32N2O2S. The molecular weight excluding hydrogens is 320 g/mol. The molecule has 1 saturated carbocycles. The topological polar surface area (TPSA) is 58.2 Å². The second-order valence-corrected chi connectivity index (χ2v) is 9.86. The highest BCUT2D eigenvalue weighted by Gasteiger charge is 2.26. The van der Waals surface area contributed by atoms with Crippen molar-refractivity contribution in [3.63, 3.8) is 0 Å². The number of hydrogen-bond donors (Lipinski definition) is 2. The molecule has 136 valence electrons. The van der Waals surface area contributed by atoms with E-state index in [1.807, 2.05) is 0 Å². The molecule has 5 heteroatoms. The van der Waals surface area contributed by atoms with E-state index in [9.17, 15) is 8.42 Å². The molecule has 0 amide bonds. The monoisotopic (exact) mass is 352 g/mol. The standard InChI is InChI=1S/C19H32N2O2S/c1-14(2)17-7-11-18(12-8-17)20-13-16-5-9-19(10-6-16)21-24(22,23)15(3)4/h7-8,11-12,14-16,19-21H,5-6,9-10,13H2,1-4H3/t16-,19-. The summed E-state index contributed by atoms with van der Waals surface area (Å²) in [4.78, 5) is 0. The summed E-state index contributed by atoms with van der Waals surface area (Å²) in [6.45, 7) is 8.82. The van der Waals surface area contributed by atoms with Crippen molar-refractivity contribution in [2.24, 2.45) is 5.92 Å². The Hall–Kier alpha value is -1.07. The lowest BCUT2D eigenvalue weighted by atomic mass is 9.86. The van der Waals surface area contributed by atoms with Crippen LogP contribution >= 0.6 is 0 Å². The van der Waals surface area contributed by atoms with Crippen molar-refractivity contribution in [2.75, 3.05) is 11.9 Å². The predicted octanol–water partition coefficient (Wildman–Crippen LogP) is 4.11. The number of anilines is 1. The molecule has 0 aromatic heterocycles. The molecule has 1 fully saturated rings. The Kier molecular flexibility index (Phi) is 6.70. The van der Waals surface area contributed by atoms with Crippen molar-refractivity contribution in [1.82, 2.24) is 4.72 Å². The lowest BCUT2D eigenvalue weighted by molar-refractivity contribution is 0.323. The van der Waals surface area contributed by atoms with Gasteiger partial charge >= 0.3 is 0 Å². The number of rotatable bonds is 7. The molecule has 0 atom stereocenters. The van der Waals surface area contributed by atoms with Crippen LogP contribution in [-0.2, 0) is 10.0 Å². The second-order valence-electron chi connectivity index (χ2n) is 7.59. The Bertz CT molecular complexity index is 601. The summed E-state index contributed by atoms with van der Waals surface area (Å²) in [6.07, 6.45) is 4.01. The zero-order valence-corrected chi connectivity index (χ0v) is 16.2. The van der Waals surface area contributed by atoms with Crippen LogP contribution in [0.25, 0.3) is 0 Å². The van der Waals surface area contributed by atoms with E-state index in [2.05, 4.69) is 48.2 Å². The third kappa shape index (κ3) is 5.49. The minimum Gasteiger partial charge on any atom is -0.385 e. The Morgan fingerprint density at radius 2 is 1.58 bits per heavy atom. The van der Waals surface area contributed by atoms with Crippen LogP contribution in [0.15, 0.2) is 24.3 Å². The Morgan fingerprint density at radius 1 is 1.00 bits per heavy atom. The molecule has 1 aliphatic rings. The maximum atomic E-state index is 11.9. The van der Waals surface area contributed by atoms with Crippen molar-refractivity contribution >= 4 is 15.7 Å². The van der Waals surface area contributed by atoms with E-state index < -0.39 is 10.0 Å². The van der Waals surface area contributed by atoms with Gasteiger partial charge in [-0.15, -0.1) is 0 Å². The fourth-order valence-electron chi connectivity index (χ4n) is 3.10. The molecule has 1 aromatic rings. The van der Waals surface area contributed by atoms with E-state index in [0.29, 0.717) is 11.8 Å². The minimum absolute atomic E-state index is 0.110. The highest BCUT2D eigenvalue weighted by Crippen LogP contribution is 2.26. The van der Waals surface area contributed by atoms with Gasteiger partial charge in [-0.05, 0) is 69.1 Å². The summed E-state index contributed by atoms with van der Waals surface area (Å²) in [7, 11) is -3.15. The first-order valence-corrected chi connectivity index (χ1v) is 10.7. The molecule has 0 radical (unpaired) electrons. The third-order valence-corrected chi connectivity index (χ3v) is 6.87. The first-order valence-electron chi connectivity index (χ1n) is 9.13. The summed E-state index contributed by atoms with van der Waals surface area (Å²) >= 11 is 0. The molecule has 24 heavy (non-hydrogen) atoms. The van der Waals surface area contributed by atoms with Gasteiger partial charge in [-0.3, -0.25) is 0 Å². The fraction of sp³-hybridized carbons (Fsp3) is 0.684. The van der Waals surface area contributed by atoms with Crippen molar-refractivity contribution in [2.45, 2.75) is 70.6 Å². The quantitative estimate of drug-likeness (QED) is 0.776. The molecule has 0 spiro atoms. The molecule has 2 rings (SSSR count). The molecule has 0 unspecified atom stereocenters. The first kappa shape index (κ1) is 19.3. The van der Waals surface area contributed by atoms with Crippen LogP contribution in [0.1, 0.15) is 64.9 Å². The van der Waals surface area contributed by atoms with Crippen LogP contribution < -0.4 is 10.0 Å². The Balaban J connectivity index is 1.75. The first-order chi connectivity index (χ1) is 11.3. The van der Waals surface area contributed by atoms with E-state index in [4.69, 9.17) is 0 Å². The average Bonchev–Trinajstić information content (AvgIpc) is 2.54. The third-order valence-electron chi connectivity index (χ3n) is 4.97. The molecule has 1 aromatic carbocycles. The molecule has 0 heterocycles. The van der Waals surface area contributed by atoms with E-state index in [1.165, 1.54) is 11.3 Å². The Morgan fingerprint density at radius 3 is 2.08 bits per heavy atom. The summed E-state index contributed by atoms with van der Waals surface area (Å²) in [5, 5.41) is 3.17. The molecule has 0 saturated heterocycles. The van der Waals surface area contributed by atoms with Gasteiger partial charge in [0.2, 0.25) is 10.0 Å². The van der Waals surface area contributed by atoms with Gasteiger partial charge in [-0.2, -0.15) is 0 Å². The lowest BCUT2D eigenvalue weighted by Gasteiger charge is -2.29. The van der Waals surface area contributed by atoms with Crippen LogP contribution in [-0.4, -0.2) is 26.3 Å². The predicted molar refractivity (Wildman–Crippen MR) is 102 cm³/mol. The van der Waals surface area contributed by atoms with Gasteiger partial charge in [0.05, 0.1) is 5.25 Å². The van der Waals surface area contributed by atoms with Crippen LogP contribution in [0, 0.1) is 5.92 Å². The zero-order valence-electron chi connectivity index (χ0n) is 15.4. The van der Waals surface area contributed by atoms with E-state index in [0.717, 1.165) is 32.2 Å². The largest absolute Gasteiger partial charge is 0.385 e. The number of hydrogen-bond acceptors (Lipinski definition) is 3. The van der Waals surface area contributed by atoms with Gasteiger partial charge in [0, 0.05) is 18.3 Å². The molecule has 0 aliphatic heterocycles. The number of sulfonamides is 1. The Labute approximate surface area is 147 Å². The van der Waals surface area contributed by atoms with Gasteiger partial charge in [0.25, 0.3) is 0 Å². The summed E-state index contributed by atoms with van der Waals surface area (Å²) < 4.78 is 26.7. The molecule has 4 nitrogen and oxygen atoms in total. The number of benzene rings is 1. The number of nitrogens with one attached hydrogen (secondary N) is 2. The van der Waals surface area contributed by atoms with Crippen LogP contribution in [0.4, 0.5) is 5.69 Å². The SMILES string of the molecule is CC(C)c1ccc(NC[C@H]2CC[C@H](NS(=O)(=O)C(C)C)CC2)cc1. The van der Waals surface area contributed by atoms with Gasteiger partial charge in [-0.1, -0.05) is 26.0 Å². The van der Waals surface area contributed by atoms with E-state index in [-0.39, 0.29) is 11.3 Å². The highest BCUT2D eigenvalue weighted by atomic mass is 32.2. The minimum atomic E-state index is -3.15. The lowest BCUT2D eigenvalue weighted by Crippen LogP contribution is -2.41.